The molecule has 1 unspecified atom stereocenters. The molecule has 0 bridgehead atoms. The van der Waals surface area contributed by atoms with Crippen LogP contribution in [0.15, 0.2) is 30.3 Å². The highest BCUT2D eigenvalue weighted by Gasteiger charge is 2.37. The first-order valence-electron chi connectivity index (χ1n) is 7.29. The smallest absolute Gasteiger partial charge is 0.122 e. The fourth-order valence-corrected chi connectivity index (χ4v) is 2.90. The van der Waals surface area contributed by atoms with Gasteiger partial charge >= 0.3 is 0 Å². The zero-order valence-corrected chi connectivity index (χ0v) is 12.5. The SMILES string of the molecule is CCc1cc(CC2(C#N)COc3ccccc3C2)n(C)n1. The third kappa shape index (κ3) is 2.52. The van der Waals surface area contributed by atoms with E-state index in [0.717, 1.165) is 35.5 Å². The average Bonchev–Trinajstić information content (AvgIpc) is 2.87. The van der Waals surface area contributed by atoms with Gasteiger partial charge in [-0.2, -0.15) is 10.4 Å². The third-order valence-corrected chi connectivity index (χ3v) is 4.15. The van der Waals surface area contributed by atoms with E-state index in [2.05, 4.69) is 24.2 Å². The van der Waals surface area contributed by atoms with Gasteiger partial charge in [-0.25, -0.2) is 0 Å². The van der Waals surface area contributed by atoms with Gasteiger partial charge < -0.3 is 4.74 Å². The molecule has 1 aliphatic rings. The fourth-order valence-electron chi connectivity index (χ4n) is 2.90. The summed E-state index contributed by atoms with van der Waals surface area (Å²) in [7, 11) is 1.94. The van der Waals surface area contributed by atoms with Crippen molar-refractivity contribution in [3.63, 3.8) is 0 Å². The fraction of sp³-hybridized carbons (Fsp3) is 0.412. The van der Waals surface area contributed by atoms with Crippen LogP contribution in [0.4, 0.5) is 0 Å². The molecule has 4 heteroatoms. The summed E-state index contributed by atoms with van der Waals surface area (Å²) < 4.78 is 7.71. The van der Waals surface area contributed by atoms with Crippen LogP contribution in [0.2, 0.25) is 0 Å². The van der Waals surface area contributed by atoms with Gasteiger partial charge in [0, 0.05) is 19.2 Å². The number of hydrogen-bond acceptors (Lipinski definition) is 3. The molecule has 2 aromatic rings. The summed E-state index contributed by atoms with van der Waals surface area (Å²) in [5.41, 5.74) is 2.77. The number of benzene rings is 1. The monoisotopic (exact) mass is 281 g/mol. The number of aryl methyl sites for hydroxylation is 2. The molecule has 1 aromatic carbocycles. The topological polar surface area (TPSA) is 50.8 Å². The Morgan fingerprint density at radius 2 is 2.24 bits per heavy atom. The number of fused-ring (bicyclic) bond motifs is 1. The van der Waals surface area contributed by atoms with Crippen LogP contribution in [-0.2, 0) is 26.3 Å². The van der Waals surface area contributed by atoms with Gasteiger partial charge in [0.2, 0.25) is 0 Å². The van der Waals surface area contributed by atoms with Crippen molar-refractivity contribution in [2.75, 3.05) is 6.61 Å². The first-order chi connectivity index (χ1) is 10.2. The van der Waals surface area contributed by atoms with Crippen molar-refractivity contribution in [2.45, 2.75) is 26.2 Å². The molecule has 0 N–H and O–H groups in total. The van der Waals surface area contributed by atoms with Gasteiger partial charge in [-0.05, 0) is 30.5 Å². The summed E-state index contributed by atoms with van der Waals surface area (Å²) in [5, 5.41) is 14.2. The van der Waals surface area contributed by atoms with E-state index in [9.17, 15) is 5.26 Å². The number of ether oxygens (including phenoxy) is 1. The highest BCUT2D eigenvalue weighted by Crippen LogP contribution is 2.36. The summed E-state index contributed by atoms with van der Waals surface area (Å²) in [6.07, 6.45) is 2.31. The van der Waals surface area contributed by atoms with Crippen LogP contribution in [0.1, 0.15) is 23.9 Å². The van der Waals surface area contributed by atoms with Gasteiger partial charge in [0.25, 0.3) is 0 Å². The second kappa shape index (κ2) is 5.25. The number of aromatic nitrogens is 2. The number of hydrogen-bond donors (Lipinski definition) is 0. The minimum atomic E-state index is -0.507. The van der Waals surface area contributed by atoms with Crippen molar-refractivity contribution in [3.8, 4) is 11.8 Å². The summed E-state index contributed by atoms with van der Waals surface area (Å²) in [5.74, 6) is 0.905. The molecular formula is C17H19N3O. The Hall–Kier alpha value is -2.28. The van der Waals surface area contributed by atoms with Gasteiger partial charge in [-0.1, -0.05) is 25.1 Å². The molecule has 1 aliphatic heterocycles. The second-order valence-electron chi connectivity index (χ2n) is 5.75. The Morgan fingerprint density at radius 3 is 2.95 bits per heavy atom. The van der Waals surface area contributed by atoms with Crippen molar-refractivity contribution in [1.82, 2.24) is 9.78 Å². The molecule has 21 heavy (non-hydrogen) atoms. The van der Waals surface area contributed by atoms with Crippen molar-refractivity contribution < 1.29 is 4.74 Å². The van der Waals surface area contributed by atoms with Gasteiger partial charge in [-0.15, -0.1) is 0 Å². The summed E-state index contributed by atoms with van der Waals surface area (Å²) >= 11 is 0. The van der Waals surface area contributed by atoms with E-state index in [1.54, 1.807) is 0 Å². The van der Waals surface area contributed by atoms with Crippen LogP contribution in [0.5, 0.6) is 5.75 Å². The Morgan fingerprint density at radius 1 is 1.43 bits per heavy atom. The maximum atomic E-state index is 9.72. The lowest BCUT2D eigenvalue weighted by Gasteiger charge is -2.32. The molecule has 0 saturated heterocycles. The number of para-hydroxylation sites is 1. The highest BCUT2D eigenvalue weighted by atomic mass is 16.5. The molecular weight excluding hydrogens is 262 g/mol. The van der Waals surface area contributed by atoms with E-state index in [1.807, 2.05) is 36.0 Å². The van der Waals surface area contributed by atoms with E-state index in [4.69, 9.17) is 4.74 Å². The van der Waals surface area contributed by atoms with Crippen LogP contribution in [0.25, 0.3) is 0 Å². The molecule has 1 aromatic heterocycles. The first-order valence-corrected chi connectivity index (χ1v) is 7.29. The molecule has 3 rings (SSSR count). The third-order valence-electron chi connectivity index (χ3n) is 4.15. The summed E-state index contributed by atoms with van der Waals surface area (Å²) in [6, 6.07) is 12.6. The maximum Gasteiger partial charge on any atom is 0.122 e. The van der Waals surface area contributed by atoms with E-state index in [0.29, 0.717) is 13.0 Å². The Kier molecular flexibility index (Phi) is 3.42. The van der Waals surface area contributed by atoms with Crippen LogP contribution in [0.3, 0.4) is 0 Å². The van der Waals surface area contributed by atoms with Crippen LogP contribution < -0.4 is 4.74 Å². The van der Waals surface area contributed by atoms with E-state index < -0.39 is 5.41 Å². The molecule has 0 saturated carbocycles. The van der Waals surface area contributed by atoms with E-state index >= 15 is 0 Å². The normalized spacial score (nSPS) is 20.4. The van der Waals surface area contributed by atoms with Gasteiger partial charge in [0.1, 0.15) is 17.8 Å². The molecule has 1 atom stereocenters. The lowest BCUT2D eigenvalue weighted by atomic mass is 9.78. The van der Waals surface area contributed by atoms with Crippen molar-refractivity contribution >= 4 is 0 Å². The zero-order valence-electron chi connectivity index (χ0n) is 12.5. The Balaban J connectivity index is 1.89. The van der Waals surface area contributed by atoms with Crippen LogP contribution in [0, 0.1) is 16.7 Å². The largest absolute Gasteiger partial charge is 0.492 e. The van der Waals surface area contributed by atoms with Gasteiger partial charge in [0.05, 0.1) is 11.8 Å². The molecule has 0 aliphatic carbocycles. The van der Waals surface area contributed by atoms with E-state index in [1.165, 1.54) is 0 Å². The Bertz CT molecular complexity index is 698. The lowest BCUT2D eigenvalue weighted by Crippen LogP contribution is -2.36. The number of rotatable bonds is 3. The first kappa shape index (κ1) is 13.7. The van der Waals surface area contributed by atoms with Gasteiger partial charge in [0.15, 0.2) is 0 Å². The standard InChI is InChI=1S/C17H19N3O/c1-3-14-8-15(20(2)19-14)10-17(11-18)9-13-6-4-5-7-16(13)21-12-17/h4-8H,3,9-10,12H2,1-2H3. The predicted octanol–water partition coefficient (Wildman–Crippen LogP) is 2.67. The zero-order chi connectivity index (χ0) is 14.9. The molecule has 4 nitrogen and oxygen atoms in total. The molecule has 0 spiro atoms. The molecule has 108 valence electrons. The minimum absolute atomic E-state index is 0.438. The van der Waals surface area contributed by atoms with E-state index in [-0.39, 0.29) is 0 Å². The second-order valence-corrected chi connectivity index (χ2v) is 5.75. The van der Waals surface area contributed by atoms with Gasteiger partial charge in [-0.3, -0.25) is 4.68 Å². The van der Waals surface area contributed by atoms with Crippen molar-refractivity contribution in [2.24, 2.45) is 12.5 Å². The van der Waals surface area contributed by atoms with Crippen molar-refractivity contribution in [1.29, 1.82) is 5.26 Å². The molecule has 0 amide bonds. The number of nitriles is 1. The summed E-state index contributed by atoms with van der Waals surface area (Å²) in [4.78, 5) is 0. The average molecular weight is 281 g/mol. The molecule has 0 radical (unpaired) electrons. The van der Waals surface area contributed by atoms with Crippen molar-refractivity contribution in [3.05, 3.63) is 47.3 Å². The highest BCUT2D eigenvalue weighted by molar-refractivity contribution is 5.38. The predicted molar refractivity (Wildman–Crippen MR) is 80.0 cm³/mol. The maximum absolute atomic E-state index is 9.72. The van der Waals surface area contributed by atoms with Crippen LogP contribution >= 0.6 is 0 Å². The Labute approximate surface area is 125 Å². The quantitative estimate of drug-likeness (QED) is 0.869. The number of nitrogens with zero attached hydrogens (tertiary/aromatic N) is 3. The minimum Gasteiger partial charge on any atom is -0.492 e. The molecule has 2 heterocycles. The summed E-state index contributed by atoms with van der Waals surface area (Å²) in [6.45, 7) is 2.53. The lowest BCUT2D eigenvalue weighted by molar-refractivity contribution is 0.167. The molecule has 0 fully saturated rings. The van der Waals surface area contributed by atoms with Crippen LogP contribution in [-0.4, -0.2) is 16.4 Å².